The van der Waals surface area contributed by atoms with Gasteiger partial charge in [0.25, 0.3) is 0 Å². The molecule has 0 aromatic heterocycles. The number of allylic oxidation sites excluding steroid dienone is 1. The first-order valence-corrected chi connectivity index (χ1v) is 10.3. The van der Waals surface area contributed by atoms with Gasteiger partial charge in [-0.1, -0.05) is 0 Å². The Labute approximate surface area is 185 Å². The summed E-state index contributed by atoms with van der Waals surface area (Å²) in [6.07, 6.45) is -0.173. The maximum Gasteiger partial charge on any atom is 0.200 e. The normalized spacial score (nSPS) is 18.2. The Morgan fingerprint density at radius 3 is 1.88 bits per heavy atom. The van der Waals surface area contributed by atoms with E-state index in [1.807, 2.05) is 9.80 Å². The Balaban J connectivity index is 2.20. The SMILES string of the molecule is CN(C)CCNc1c(F)c(F)c(NCCN(C)C)c2c1C(=O)C1=C(C2=O)C(O)CC=C1O. The van der Waals surface area contributed by atoms with E-state index in [1.165, 1.54) is 6.08 Å². The summed E-state index contributed by atoms with van der Waals surface area (Å²) < 4.78 is 30.3. The lowest BCUT2D eigenvalue weighted by Crippen LogP contribution is -2.34. The van der Waals surface area contributed by atoms with Crippen molar-refractivity contribution < 1.29 is 28.6 Å². The van der Waals surface area contributed by atoms with E-state index in [0.29, 0.717) is 13.1 Å². The van der Waals surface area contributed by atoms with Crippen LogP contribution in [-0.4, -0.2) is 92.1 Å². The van der Waals surface area contributed by atoms with E-state index in [1.54, 1.807) is 28.2 Å². The number of anilines is 2. The van der Waals surface area contributed by atoms with Crippen molar-refractivity contribution in [3.05, 3.63) is 45.7 Å². The first-order chi connectivity index (χ1) is 15.1. The zero-order chi connectivity index (χ0) is 23.7. The van der Waals surface area contributed by atoms with E-state index in [4.69, 9.17) is 0 Å². The Bertz CT molecular complexity index is 1020. The second-order valence-corrected chi connectivity index (χ2v) is 8.38. The van der Waals surface area contributed by atoms with Gasteiger partial charge in [-0.05, 0) is 40.7 Å². The molecular weight excluding hydrogens is 422 g/mol. The number of hydrogen-bond donors (Lipinski definition) is 4. The molecule has 3 rings (SSSR count). The monoisotopic (exact) mass is 450 g/mol. The van der Waals surface area contributed by atoms with Gasteiger partial charge in [-0.3, -0.25) is 9.59 Å². The standard InChI is InChI=1S/C22H28F2N4O4/c1-27(2)9-7-25-19-15-16(20(18(24)17(19)23)26-8-10-28(3)4)22(32)14-12(30)6-5-11(29)13(14)21(15)31/h5,12,25-26,29-30H,6-10H2,1-4H3. The lowest BCUT2D eigenvalue weighted by molar-refractivity contribution is 0.0928. The van der Waals surface area contributed by atoms with Crippen molar-refractivity contribution in [2.24, 2.45) is 0 Å². The molecule has 1 aromatic carbocycles. The summed E-state index contributed by atoms with van der Waals surface area (Å²) in [5, 5.41) is 26.1. The summed E-state index contributed by atoms with van der Waals surface area (Å²) in [6.45, 7) is 1.28. The number of aliphatic hydroxyl groups is 2. The largest absolute Gasteiger partial charge is 0.508 e. The fraction of sp³-hybridized carbons (Fsp3) is 0.455. The molecule has 1 unspecified atom stereocenters. The summed E-state index contributed by atoms with van der Waals surface area (Å²) in [4.78, 5) is 30.4. The van der Waals surface area contributed by atoms with Gasteiger partial charge in [0, 0.05) is 31.8 Å². The minimum atomic E-state index is -1.33. The van der Waals surface area contributed by atoms with Crippen molar-refractivity contribution in [2.75, 3.05) is 65.0 Å². The number of nitrogens with zero attached hydrogens (tertiary/aromatic N) is 2. The van der Waals surface area contributed by atoms with Gasteiger partial charge in [-0.15, -0.1) is 0 Å². The van der Waals surface area contributed by atoms with Crippen molar-refractivity contribution >= 4 is 22.9 Å². The van der Waals surface area contributed by atoms with Crippen LogP contribution in [0, 0.1) is 11.6 Å². The summed E-state index contributed by atoms with van der Waals surface area (Å²) in [6, 6.07) is 0. The Kier molecular flexibility index (Phi) is 6.97. The van der Waals surface area contributed by atoms with Gasteiger partial charge in [0.1, 0.15) is 5.76 Å². The van der Waals surface area contributed by atoms with Crippen LogP contribution in [0.25, 0.3) is 0 Å². The predicted octanol–water partition coefficient (Wildman–Crippen LogP) is 1.79. The van der Waals surface area contributed by atoms with E-state index >= 15 is 8.78 Å². The van der Waals surface area contributed by atoms with Crippen LogP contribution >= 0.6 is 0 Å². The van der Waals surface area contributed by atoms with E-state index in [0.717, 1.165) is 0 Å². The Morgan fingerprint density at radius 2 is 1.41 bits per heavy atom. The summed E-state index contributed by atoms with van der Waals surface area (Å²) in [7, 11) is 7.18. The van der Waals surface area contributed by atoms with Gasteiger partial charge in [-0.25, -0.2) is 8.78 Å². The highest BCUT2D eigenvalue weighted by atomic mass is 19.2. The number of likely N-dealkylation sites (N-methyl/N-ethyl adjacent to an activating group) is 2. The van der Waals surface area contributed by atoms with Crippen LogP contribution < -0.4 is 10.6 Å². The molecule has 2 aliphatic rings. The Morgan fingerprint density at radius 1 is 0.938 bits per heavy atom. The van der Waals surface area contributed by atoms with Crippen LogP contribution in [0.1, 0.15) is 27.1 Å². The lowest BCUT2D eigenvalue weighted by Gasteiger charge is -2.30. The van der Waals surface area contributed by atoms with Gasteiger partial charge >= 0.3 is 0 Å². The molecule has 0 radical (unpaired) electrons. The third kappa shape index (κ3) is 4.25. The average molecular weight is 450 g/mol. The number of carbonyl (C=O) groups excluding carboxylic acids is 2. The van der Waals surface area contributed by atoms with Crippen LogP contribution in [0.5, 0.6) is 0 Å². The fourth-order valence-corrected chi connectivity index (χ4v) is 3.80. The molecule has 0 heterocycles. The van der Waals surface area contributed by atoms with Crippen molar-refractivity contribution in [3.63, 3.8) is 0 Å². The molecule has 10 heteroatoms. The van der Waals surface area contributed by atoms with E-state index in [2.05, 4.69) is 10.6 Å². The third-order valence-corrected chi connectivity index (χ3v) is 5.42. The highest BCUT2D eigenvalue weighted by Gasteiger charge is 2.43. The predicted molar refractivity (Wildman–Crippen MR) is 117 cm³/mol. The Hall–Kier alpha value is -2.82. The fourth-order valence-electron chi connectivity index (χ4n) is 3.80. The minimum absolute atomic E-state index is 0.0694. The third-order valence-electron chi connectivity index (χ3n) is 5.42. The zero-order valence-electron chi connectivity index (χ0n) is 18.6. The van der Waals surface area contributed by atoms with E-state index in [9.17, 15) is 19.8 Å². The van der Waals surface area contributed by atoms with Crippen molar-refractivity contribution in [1.29, 1.82) is 0 Å². The van der Waals surface area contributed by atoms with Gasteiger partial charge in [0.2, 0.25) is 0 Å². The molecule has 0 saturated carbocycles. The second-order valence-electron chi connectivity index (χ2n) is 8.38. The van der Waals surface area contributed by atoms with Crippen LogP contribution in [0.3, 0.4) is 0 Å². The van der Waals surface area contributed by atoms with Crippen molar-refractivity contribution in [2.45, 2.75) is 12.5 Å². The number of nitrogens with one attached hydrogen (secondary N) is 2. The quantitative estimate of drug-likeness (QED) is 0.475. The molecule has 32 heavy (non-hydrogen) atoms. The van der Waals surface area contributed by atoms with Crippen molar-refractivity contribution in [1.82, 2.24) is 9.80 Å². The molecule has 0 amide bonds. The number of fused-ring (bicyclic) bond motifs is 1. The highest BCUT2D eigenvalue weighted by Crippen LogP contribution is 2.43. The van der Waals surface area contributed by atoms with Crippen molar-refractivity contribution in [3.8, 4) is 0 Å². The average Bonchev–Trinajstić information content (AvgIpc) is 2.71. The molecular formula is C22H28F2N4O4. The lowest BCUT2D eigenvalue weighted by atomic mass is 9.76. The molecule has 174 valence electrons. The van der Waals surface area contributed by atoms with Gasteiger partial charge in [-0.2, -0.15) is 0 Å². The number of halogens is 2. The molecule has 1 aromatic rings. The topological polar surface area (TPSA) is 105 Å². The molecule has 0 spiro atoms. The molecule has 4 N–H and O–H groups in total. The maximum absolute atomic E-state index is 15.2. The first-order valence-electron chi connectivity index (χ1n) is 10.3. The van der Waals surface area contributed by atoms with Crippen LogP contribution in [0.4, 0.5) is 20.2 Å². The van der Waals surface area contributed by atoms with Crippen LogP contribution in [0.15, 0.2) is 23.0 Å². The molecule has 0 fully saturated rings. The van der Waals surface area contributed by atoms with Crippen LogP contribution in [0.2, 0.25) is 0 Å². The zero-order valence-corrected chi connectivity index (χ0v) is 18.6. The summed E-state index contributed by atoms with van der Waals surface area (Å²) in [5.74, 6) is -4.70. The number of benzene rings is 1. The first kappa shape index (κ1) is 23.8. The van der Waals surface area contributed by atoms with E-state index < -0.39 is 46.4 Å². The summed E-state index contributed by atoms with van der Waals surface area (Å²) >= 11 is 0. The van der Waals surface area contributed by atoms with Gasteiger partial charge in [0.05, 0.1) is 34.2 Å². The number of rotatable bonds is 8. The molecule has 0 aliphatic heterocycles. The molecule has 0 saturated heterocycles. The smallest absolute Gasteiger partial charge is 0.200 e. The number of ketones is 2. The minimum Gasteiger partial charge on any atom is -0.508 e. The number of hydrogen-bond acceptors (Lipinski definition) is 8. The highest BCUT2D eigenvalue weighted by molar-refractivity contribution is 6.32. The molecule has 1 atom stereocenters. The molecule has 8 nitrogen and oxygen atoms in total. The maximum atomic E-state index is 15.2. The number of aliphatic hydroxyl groups excluding tert-OH is 2. The number of Topliss-reactive ketones (excluding diaryl/α,β-unsaturated/α-hetero) is 2. The molecule has 2 aliphatic carbocycles. The van der Waals surface area contributed by atoms with Gasteiger partial charge in [0.15, 0.2) is 23.2 Å². The second kappa shape index (κ2) is 9.35. The molecule has 0 bridgehead atoms. The summed E-state index contributed by atoms with van der Waals surface area (Å²) in [5.41, 5.74) is -2.23. The van der Waals surface area contributed by atoms with Crippen LogP contribution in [-0.2, 0) is 0 Å². The number of carbonyl (C=O) groups is 2. The van der Waals surface area contributed by atoms with E-state index in [-0.39, 0.29) is 41.8 Å². The van der Waals surface area contributed by atoms with Gasteiger partial charge < -0.3 is 30.6 Å².